The minimum atomic E-state index is -0.0497. The molecule has 0 aliphatic carbocycles. The van der Waals surface area contributed by atoms with E-state index in [9.17, 15) is 4.79 Å². The second kappa shape index (κ2) is 9.53. The van der Waals surface area contributed by atoms with E-state index in [-0.39, 0.29) is 5.91 Å². The van der Waals surface area contributed by atoms with E-state index in [0.29, 0.717) is 12.2 Å². The van der Waals surface area contributed by atoms with Crippen molar-refractivity contribution in [2.75, 3.05) is 7.11 Å². The highest BCUT2D eigenvalue weighted by Crippen LogP contribution is 2.21. The fourth-order valence-electron chi connectivity index (χ4n) is 1.75. The molecule has 4 nitrogen and oxygen atoms in total. The average molecular weight is 341 g/mol. The molecule has 0 aliphatic rings. The van der Waals surface area contributed by atoms with Crippen LogP contribution in [0.5, 0.6) is 5.75 Å². The normalized spacial score (nSPS) is 10.8. The fourth-order valence-corrected chi connectivity index (χ4v) is 2.13. The van der Waals surface area contributed by atoms with Crippen molar-refractivity contribution in [1.29, 1.82) is 0 Å². The second-order valence-electron chi connectivity index (χ2n) is 4.49. The Morgan fingerprint density at radius 1 is 1.40 bits per heavy atom. The molecule has 0 bridgehead atoms. The first-order valence-electron chi connectivity index (χ1n) is 6.82. The number of halogens is 1. The van der Waals surface area contributed by atoms with E-state index in [0.717, 1.165) is 22.9 Å². The third-order valence-electron chi connectivity index (χ3n) is 2.84. The highest BCUT2D eigenvalue weighted by molar-refractivity contribution is 9.10. The molecular formula is C15H21BrN2O2. The maximum absolute atomic E-state index is 11.6. The number of hydrazone groups is 1. The predicted octanol–water partition coefficient (Wildman–Crippen LogP) is 3.88. The first kappa shape index (κ1) is 16.7. The van der Waals surface area contributed by atoms with Crippen LogP contribution in [0.2, 0.25) is 0 Å². The molecule has 0 saturated carbocycles. The van der Waals surface area contributed by atoms with Crippen molar-refractivity contribution < 1.29 is 9.53 Å². The van der Waals surface area contributed by atoms with E-state index >= 15 is 0 Å². The number of carbonyl (C=O) groups is 1. The number of nitrogens with one attached hydrogen (secondary N) is 1. The zero-order valence-electron chi connectivity index (χ0n) is 12.0. The van der Waals surface area contributed by atoms with E-state index in [1.807, 2.05) is 18.2 Å². The molecule has 1 aromatic carbocycles. The highest BCUT2D eigenvalue weighted by atomic mass is 79.9. The first-order valence-corrected chi connectivity index (χ1v) is 7.62. The summed E-state index contributed by atoms with van der Waals surface area (Å²) in [6, 6.07) is 5.62. The van der Waals surface area contributed by atoms with Gasteiger partial charge in [0.15, 0.2) is 0 Å². The molecule has 1 rings (SSSR count). The Labute approximate surface area is 128 Å². The second-order valence-corrected chi connectivity index (χ2v) is 5.41. The summed E-state index contributed by atoms with van der Waals surface area (Å²) in [5.74, 6) is 0.667. The predicted molar refractivity (Wildman–Crippen MR) is 85.2 cm³/mol. The van der Waals surface area contributed by atoms with Crippen LogP contribution in [-0.4, -0.2) is 19.2 Å². The van der Waals surface area contributed by atoms with Crippen LogP contribution in [0, 0.1) is 0 Å². The summed E-state index contributed by atoms with van der Waals surface area (Å²) in [5.41, 5.74) is 3.35. The summed E-state index contributed by atoms with van der Waals surface area (Å²) >= 11 is 3.39. The van der Waals surface area contributed by atoms with Gasteiger partial charge in [-0.1, -0.05) is 42.1 Å². The number of nitrogens with zero attached hydrogens (tertiary/aromatic N) is 1. The van der Waals surface area contributed by atoms with Crippen molar-refractivity contribution in [1.82, 2.24) is 5.43 Å². The smallest absolute Gasteiger partial charge is 0.240 e. The van der Waals surface area contributed by atoms with Crippen LogP contribution in [0.1, 0.15) is 44.6 Å². The topological polar surface area (TPSA) is 50.7 Å². The molecular weight excluding hydrogens is 320 g/mol. The van der Waals surface area contributed by atoms with Gasteiger partial charge in [0.05, 0.1) is 13.3 Å². The number of ether oxygens (including phenoxy) is 1. The van der Waals surface area contributed by atoms with E-state index in [1.165, 1.54) is 12.8 Å². The maximum atomic E-state index is 11.6. The summed E-state index contributed by atoms with van der Waals surface area (Å²) in [6.07, 6.45) is 6.46. The average Bonchev–Trinajstić information content (AvgIpc) is 2.44. The Morgan fingerprint density at radius 2 is 2.20 bits per heavy atom. The molecule has 0 fully saturated rings. The minimum absolute atomic E-state index is 0.0497. The molecule has 1 amide bonds. The standard InChI is InChI=1S/C15H21BrN2O2/c1-3-4-5-6-7-15(19)18-17-11-12-10-13(16)8-9-14(12)20-2/h8-11H,3-7H2,1-2H3,(H,18,19)/b17-11+. The highest BCUT2D eigenvalue weighted by Gasteiger charge is 2.02. The monoisotopic (exact) mass is 340 g/mol. The number of carbonyl (C=O) groups excluding carboxylic acids is 1. The lowest BCUT2D eigenvalue weighted by Crippen LogP contribution is -2.16. The van der Waals surface area contributed by atoms with Gasteiger partial charge in [0.1, 0.15) is 5.75 Å². The summed E-state index contributed by atoms with van der Waals surface area (Å²) in [4.78, 5) is 11.6. The Hall–Kier alpha value is -1.36. The van der Waals surface area contributed by atoms with Gasteiger partial charge in [0.2, 0.25) is 5.91 Å². The van der Waals surface area contributed by atoms with E-state index in [2.05, 4.69) is 33.4 Å². The molecule has 5 heteroatoms. The van der Waals surface area contributed by atoms with Gasteiger partial charge >= 0.3 is 0 Å². The van der Waals surface area contributed by atoms with Crippen LogP contribution in [0.3, 0.4) is 0 Å². The van der Waals surface area contributed by atoms with Crippen LogP contribution >= 0.6 is 15.9 Å². The number of amides is 1. The molecule has 0 saturated heterocycles. The van der Waals surface area contributed by atoms with Crippen LogP contribution in [0.4, 0.5) is 0 Å². The lowest BCUT2D eigenvalue weighted by atomic mass is 10.1. The molecule has 0 radical (unpaired) electrons. The molecule has 110 valence electrons. The van der Waals surface area contributed by atoms with Crippen molar-refractivity contribution in [3.8, 4) is 5.75 Å². The van der Waals surface area contributed by atoms with Crippen molar-refractivity contribution >= 4 is 28.1 Å². The molecule has 0 unspecified atom stereocenters. The summed E-state index contributed by atoms with van der Waals surface area (Å²) in [5, 5.41) is 3.96. The summed E-state index contributed by atoms with van der Waals surface area (Å²) in [6.45, 7) is 2.15. The van der Waals surface area contributed by atoms with E-state index < -0.39 is 0 Å². The van der Waals surface area contributed by atoms with Gasteiger partial charge in [-0.25, -0.2) is 5.43 Å². The fraction of sp³-hybridized carbons (Fsp3) is 0.467. The molecule has 0 aliphatic heterocycles. The van der Waals surface area contributed by atoms with Crippen LogP contribution in [0.25, 0.3) is 0 Å². The Morgan fingerprint density at radius 3 is 2.90 bits per heavy atom. The number of benzene rings is 1. The zero-order chi connectivity index (χ0) is 14.8. The van der Waals surface area contributed by atoms with Gasteiger partial charge in [0, 0.05) is 16.5 Å². The Bertz CT molecular complexity index is 461. The lowest BCUT2D eigenvalue weighted by molar-refractivity contribution is -0.121. The quantitative estimate of drug-likeness (QED) is 0.443. The van der Waals surface area contributed by atoms with Gasteiger partial charge in [0.25, 0.3) is 0 Å². The SMILES string of the molecule is CCCCCCC(=O)N/N=C/c1cc(Br)ccc1OC. The minimum Gasteiger partial charge on any atom is -0.496 e. The lowest BCUT2D eigenvalue weighted by Gasteiger charge is -2.04. The van der Waals surface area contributed by atoms with Gasteiger partial charge < -0.3 is 4.74 Å². The van der Waals surface area contributed by atoms with E-state index in [4.69, 9.17) is 4.74 Å². The third-order valence-corrected chi connectivity index (χ3v) is 3.34. The first-order chi connectivity index (χ1) is 9.67. The summed E-state index contributed by atoms with van der Waals surface area (Å²) in [7, 11) is 1.60. The Kier molecular flexibility index (Phi) is 7.95. The molecule has 0 aromatic heterocycles. The largest absolute Gasteiger partial charge is 0.496 e. The molecule has 20 heavy (non-hydrogen) atoms. The number of methoxy groups -OCH3 is 1. The van der Waals surface area contributed by atoms with Crippen LogP contribution < -0.4 is 10.2 Å². The number of hydrogen-bond donors (Lipinski definition) is 1. The Balaban J connectivity index is 2.44. The molecule has 0 heterocycles. The molecule has 1 aromatic rings. The van der Waals surface area contributed by atoms with Crippen molar-refractivity contribution in [2.45, 2.75) is 39.0 Å². The number of rotatable bonds is 8. The van der Waals surface area contributed by atoms with Crippen molar-refractivity contribution in [3.63, 3.8) is 0 Å². The zero-order valence-corrected chi connectivity index (χ0v) is 13.6. The van der Waals surface area contributed by atoms with Gasteiger partial charge in [-0.3, -0.25) is 4.79 Å². The summed E-state index contributed by atoms with van der Waals surface area (Å²) < 4.78 is 6.16. The van der Waals surface area contributed by atoms with Gasteiger partial charge in [-0.2, -0.15) is 5.10 Å². The van der Waals surface area contributed by atoms with Crippen LogP contribution in [-0.2, 0) is 4.79 Å². The van der Waals surface area contributed by atoms with Crippen molar-refractivity contribution in [3.05, 3.63) is 28.2 Å². The van der Waals surface area contributed by atoms with Gasteiger partial charge in [-0.05, 0) is 24.6 Å². The molecule has 0 atom stereocenters. The molecule has 1 N–H and O–H groups in total. The number of hydrogen-bond acceptors (Lipinski definition) is 3. The van der Waals surface area contributed by atoms with E-state index in [1.54, 1.807) is 13.3 Å². The maximum Gasteiger partial charge on any atom is 0.240 e. The van der Waals surface area contributed by atoms with Crippen molar-refractivity contribution in [2.24, 2.45) is 5.10 Å². The molecule has 0 spiro atoms. The van der Waals surface area contributed by atoms with Gasteiger partial charge in [-0.15, -0.1) is 0 Å². The number of unbranched alkanes of at least 4 members (excludes halogenated alkanes) is 3. The van der Waals surface area contributed by atoms with Crippen LogP contribution in [0.15, 0.2) is 27.8 Å². The third kappa shape index (κ3) is 6.19.